The van der Waals surface area contributed by atoms with E-state index in [1.54, 1.807) is 19.3 Å². The molecule has 0 spiro atoms. The van der Waals surface area contributed by atoms with Crippen LogP contribution in [0.3, 0.4) is 0 Å². The average Bonchev–Trinajstić information content (AvgIpc) is 2.48. The van der Waals surface area contributed by atoms with Crippen LogP contribution in [0.2, 0.25) is 0 Å². The van der Waals surface area contributed by atoms with Gasteiger partial charge in [-0.25, -0.2) is 0 Å². The van der Waals surface area contributed by atoms with Crippen LogP contribution in [-0.4, -0.2) is 33.8 Å². The summed E-state index contributed by atoms with van der Waals surface area (Å²) in [5.41, 5.74) is 0.414. The van der Waals surface area contributed by atoms with Gasteiger partial charge in [0.2, 0.25) is 0 Å². The summed E-state index contributed by atoms with van der Waals surface area (Å²) in [4.78, 5) is 11.3. The number of halogens is 3. The van der Waals surface area contributed by atoms with E-state index < -0.39 is 12.1 Å². The maximum Gasteiger partial charge on any atom is 0.471 e. The third-order valence-electron chi connectivity index (χ3n) is 1.76. The van der Waals surface area contributed by atoms with Gasteiger partial charge >= 0.3 is 12.1 Å². The summed E-state index contributed by atoms with van der Waals surface area (Å²) in [6.07, 6.45) is -3.23. The summed E-state index contributed by atoms with van der Waals surface area (Å²) in [5, 5.41) is 3.87. The summed E-state index contributed by atoms with van der Waals surface area (Å²) in [6.45, 7) is -0.154. The average molecular weight is 221 g/mol. The molecule has 0 unspecified atom stereocenters. The molecule has 4 nitrogen and oxygen atoms in total. The molecule has 0 aliphatic heterocycles. The van der Waals surface area contributed by atoms with E-state index in [0.717, 1.165) is 7.05 Å². The fraction of sp³-hybridized carbons (Fsp3) is 0.500. The Bertz CT molecular complexity index is 358. The molecule has 0 fully saturated rings. The van der Waals surface area contributed by atoms with Crippen LogP contribution >= 0.6 is 0 Å². The molecule has 1 amide bonds. The minimum Gasteiger partial charge on any atom is -0.332 e. The monoisotopic (exact) mass is 221 g/mol. The third-order valence-corrected chi connectivity index (χ3v) is 1.76. The van der Waals surface area contributed by atoms with Crippen LogP contribution in [0, 0.1) is 0 Å². The zero-order chi connectivity index (χ0) is 11.6. The minimum atomic E-state index is -4.83. The number of rotatable bonds is 2. The van der Waals surface area contributed by atoms with Crippen molar-refractivity contribution in [2.75, 3.05) is 7.05 Å². The van der Waals surface area contributed by atoms with Gasteiger partial charge in [0.25, 0.3) is 0 Å². The number of alkyl halides is 3. The Morgan fingerprint density at radius 2 is 2.20 bits per heavy atom. The maximum atomic E-state index is 12.0. The summed E-state index contributed by atoms with van der Waals surface area (Å²) in [5.74, 6) is -1.87. The molecule has 0 radical (unpaired) electrons. The van der Waals surface area contributed by atoms with E-state index in [2.05, 4.69) is 5.10 Å². The van der Waals surface area contributed by atoms with E-state index in [4.69, 9.17) is 0 Å². The Balaban J connectivity index is 2.64. The van der Waals surface area contributed by atoms with E-state index in [0.29, 0.717) is 10.6 Å². The molecule has 0 saturated carbocycles. The smallest absolute Gasteiger partial charge is 0.332 e. The van der Waals surface area contributed by atoms with E-state index >= 15 is 0 Å². The van der Waals surface area contributed by atoms with Gasteiger partial charge in [0.15, 0.2) is 0 Å². The Labute approximate surface area is 84.3 Å². The van der Waals surface area contributed by atoms with E-state index in [1.807, 2.05) is 0 Å². The lowest BCUT2D eigenvalue weighted by Crippen LogP contribution is -2.38. The van der Waals surface area contributed by atoms with Crippen molar-refractivity contribution in [3.8, 4) is 0 Å². The largest absolute Gasteiger partial charge is 0.471 e. The highest BCUT2D eigenvalue weighted by Crippen LogP contribution is 2.18. The van der Waals surface area contributed by atoms with Crippen molar-refractivity contribution in [1.82, 2.24) is 14.7 Å². The van der Waals surface area contributed by atoms with Gasteiger partial charge in [-0.2, -0.15) is 18.3 Å². The zero-order valence-electron chi connectivity index (χ0n) is 8.25. The van der Waals surface area contributed by atoms with Crippen molar-refractivity contribution in [1.29, 1.82) is 0 Å². The molecule has 0 N–H and O–H groups in total. The first-order chi connectivity index (χ1) is 6.80. The molecule has 1 aromatic rings. The molecule has 84 valence electrons. The van der Waals surface area contributed by atoms with E-state index in [9.17, 15) is 18.0 Å². The number of amides is 1. The highest BCUT2D eigenvalue weighted by molar-refractivity contribution is 5.81. The third kappa shape index (κ3) is 2.97. The molecule has 0 aliphatic rings. The van der Waals surface area contributed by atoms with Gasteiger partial charge in [0.1, 0.15) is 0 Å². The first-order valence-corrected chi connectivity index (χ1v) is 4.11. The summed E-state index contributed by atoms with van der Waals surface area (Å²) in [6, 6.07) is 1.56. The fourth-order valence-electron chi connectivity index (χ4n) is 1.08. The van der Waals surface area contributed by atoms with E-state index in [1.165, 1.54) is 4.68 Å². The predicted molar refractivity (Wildman–Crippen MR) is 45.7 cm³/mol. The molecule has 7 heteroatoms. The first kappa shape index (κ1) is 11.5. The van der Waals surface area contributed by atoms with Crippen molar-refractivity contribution in [2.45, 2.75) is 12.7 Å². The Morgan fingerprint density at radius 3 is 2.60 bits per heavy atom. The molecule has 0 aromatic carbocycles. The van der Waals surface area contributed by atoms with Gasteiger partial charge in [-0.1, -0.05) is 0 Å². The second-order valence-corrected chi connectivity index (χ2v) is 3.14. The summed E-state index contributed by atoms with van der Waals surface area (Å²) < 4.78 is 37.4. The van der Waals surface area contributed by atoms with Gasteiger partial charge in [0, 0.05) is 20.3 Å². The van der Waals surface area contributed by atoms with Crippen LogP contribution in [0.15, 0.2) is 12.3 Å². The second-order valence-electron chi connectivity index (χ2n) is 3.14. The number of aryl methyl sites for hydroxylation is 1. The topological polar surface area (TPSA) is 38.1 Å². The van der Waals surface area contributed by atoms with Gasteiger partial charge in [-0.15, -0.1) is 0 Å². The number of aromatic nitrogens is 2. The zero-order valence-corrected chi connectivity index (χ0v) is 8.25. The Kier molecular flexibility index (Phi) is 3.01. The van der Waals surface area contributed by atoms with Crippen LogP contribution in [0.5, 0.6) is 0 Å². The summed E-state index contributed by atoms with van der Waals surface area (Å²) in [7, 11) is 2.74. The number of nitrogens with zero attached hydrogens (tertiary/aromatic N) is 3. The lowest BCUT2D eigenvalue weighted by molar-refractivity contribution is -0.184. The van der Waals surface area contributed by atoms with Crippen molar-refractivity contribution in [2.24, 2.45) is 7.05 Å². The molecule has 1 aromatic heterocycles. The highest BCUT2D eigenvalue weighted by atomic mass is 19.4. The number of hydrogen-bond donors (Lipinski definition) is 0. The lowest BCUT2D eigenvalue weighted by atomic mass is 10.4. The van der Waals surface area contributed by atoms with Crippen LogP contribution < -0.4 is 0 Å². The second kappa shape index (κ2) is 3.92. The van der Waals surface area contributed by atoms with Crippen LogP contribution in [-0.2, 0) is 18.4 Å². The Morgan fingerprint density at radius 1 is 1.60 bits per heavy atom. The van der Waals surface area contributed by atoms with Gasteiger partial charge < -0.3 is 4.90 Å². The van der Waals surface area contributed by atoms with Crippen molar-refractivity contribution in [3.05, 3.63) is 18.0 Å². The van der Waals surface area contributed by atoms with Crippen molar-refractivity contribution in [3.63, 3.8) is 0 Å². The molecule has 0 atom stereocenters. The molecule has 1 rings (SSSR count). The lowest BCUT2D eigenvalue weighted by Gasteiger charge is -2.17. The molecule has 0 saturated heterocycles. The molecular formula is C8H10F3N3O. The molecule has 15 heavy (non-hydrogen) atoms. The maximum absolute atomic E-state index is 12.0. The normalized spacial score (nSPS) is 11.5. The van der Waals surface area contributed by atoms with Gasteiger partial charge in [-0.3, -0.25) is 9.48 Å². The van der Waals surface area contributed by atoms with Crippen LogP contribution in [0.1, 0.15) is 5.69 Å². The fourth-order valence-corrected chi connectivity index (χ4v) is 1.08. The quantitative estimate of drug-likeness (QED) is 0.745. The Hall–Kier alpha value is -1.53. The highest BCUT2D eigenvalue weighted by Gasteiger charge is 2.41. The SMILES string of the molecule is CN(Cc1ccn(C)n1)C(=O)C(F)(F)F. The molecule has 0 bridgehead atoms. The molecular weight excluding hydrogens is 211 g/mol. The number of carbonyl (C=O) groups excluding carboxylic acids is 1. The number of hydrogen-bond acceptors (Lipinski definition) is 2. The number of carbonyl (C=O) groups is 1. The van der Waals surface area contributed by atoms with Crippen molar-refractivity contribution >= 4 is 5.91 Å². The van der Waals surface area contributed by atoms with Crippen molar-refractivity contribution < 1.29 is 18.0 Å². The predicted octanol–water partition coefficient (Wildman–Crippen LogP) is 0.941. The van der Waals surface area contributed by atoms with Gasteiger partial charge in [-0.05, 0) is 6.07 Å². The van der Waals surface area contributed by atoms with E-state index in [-0.39, 0.29) is 6.54 Å². The standard InChI is InChI=1S/C8H10F3N3O/c1-13(7(15)8(9,10)11)5-6-3-4-14(2)12-6/h3-4H,5H2,1-2H3. The first-order valence-electron chi connectivity index (χ1n) is 4.11. The summed E-state index contributed by atoms with van der Waals surface area (Å²) >= 11 is 0. The molecule has 1 heterocycles. The molecule has 0 aliphatic carbocycles. The van der Waals surface area contributed by atoms with Gasteiger partial charge in [0.05, 0.1) is 12.2 Å². The van der Waals surface area contributed by atoms with Crippen LogP contribution in [0.4, 0.5) is 13.2 Å². The minimum absolute atomic E-state index is 0.154. The van der Waals surface area contributed by atoms with Crippen LogP contribution in [0.25, 0.3) is 0 Å².